The van der Waals surface area contributed by atoms with E-state index < -0.39 is 120 Å². The number of nitrogens with one attached hydrogen (secondary N) is 4. The molecule has 148 heavy (non-hydrogen) atoms. The fraction of sp³-hybridized carbons (Fsp3) is 0.558. The Morgan fingerprint density at radius 3 is 1.01 bits per heavy atom. The normalized spacial score (nSPS) is 18.0. The molecule has 0 aliphatic carbocycles. The molecule has 4 aliphatic heterocycles. The Balaban J connectivity index is 0.000000367. The molecule has 0 saturated carbocycles. The summed E-state index contributed by atoms with van der Waals surface area (Å²) in [6.07, 6.45) is 6.74. The summed E-state index contributed by atoms with van der Waals surface area (Å²) in [6.45, 7) is 35.5. The standard InChI is InChI=1S/C56H76N4O10.C55H73N3O10.2CH4O3S/c1-38(2)28-47(49(62)33-44(30-41-18-14-11-15-19-41)53(65)59-48(29-39(3)4)51(63)56(8)37-69-56)58-52(64)43(22-20-40-16-12-10-13-17-40)32-46(61)36-60(24-26-68-27-25-60)35-42-21-23-50(45(31-42)34-57-67-9)70-54(66)55(5,6)7;1-37(2)27-46(48(61)32-43(29-40-17-13-10-14-18-40)52(64)57-47(28-38(3)4)50(62)55(8)36-67-55)56-51(63)42(21-19-39-15-11-9-12-16-39)31-45(60)34-58(23-25-66-26-24-58)33-41-20-22-49(44(30-41)35-59)68-53(65)54(5,6)7;2*1-5(2,3)4/h10-19,21,23,31,34,38-39,43-44,47-48H,20,22,24-30,32-33,35-37H2,1-9H3,(H-,58,59,64,65);9-18,20,22,30,35,37-38,42-43,46-47H,19,21,23-29,31-34,36H2,1-8H3,(H-,56,57,63,64);2*1H3,(H,2,3,4)/b57-34+;;;/t43-,44-,47+,48+,56-;42-,43-,46+,47+,55-;;/m11../s1. The van der Waals surface area contributed by atoms with Gasteiger partial charge in [0.1, 0.15) is 82.2 Å². The lowest BCUT2D eigenvalue weighted by atomic mass is 9.87. The van der Waals surface area contributed by atoms with Crippen molar-refractivity contribution in [3.05, 3.63) is 202 Å². The highest BCUT2D eigenvalue weighted by Crippen LogP contribution is 2.35. The van der Waals surface area contributed by atoms with Crippen molar-refractivity contribution in [2.24, 2.45) is 63.3 Å². The Labute approximate surface area is 874 Å². The molecule has 10 rings (SSSR count). The van der Waals surface area contributed by atoms with Gasteiger partial charge in [-0.1, -0.05) is 182 Å². The summed E-state index contributed by atoms with van der Waals surface area (Å²) in [5.74, 6) is -6.02. The van der Waals surface area contributed by atoms with Gasteiger partial charge in [0.2, 0.25) is 23.6 Å². The van der Waals surface area contributed by atoms with Crippen LogP contribution in [0.4, 0.5) is 0 Å². The zero-order valence-electron chi connectivity index (χ0n) is 89.7. The van der Waals surface area contributed by atoms with Crippen molar-refractivity contribution >= 4 is 103 Å². The summed E-state index contributed by atoms with van der Waals surface area (Å²) in [5.41, 5.74) is 2.85. The minimum Gasteiger partial charge on any atom is -0.748 e. The molecule has 4 aliphatic rings. The van der Waals surface area contributed by atoms with Gasteiger partial charge in [-0.05, 0) is 202 Å². The number of ether oxygens (including phenoxy) is 6. The highest BCUT2D eigenvalue weighted by Gasteiger charge is 2.52. The summed E-state index contributed by atoms with van der Waals surface area (Å²) in [5, 5.41) is 16.1. The average molecular weight is 2090 g/mol. The van der Waals surface area contributed by atoms with Crippen molar-refractivity contribution in [3.8, 4) is 11.5 Å². The first kappa shape index (κ1) is 124. The van der Waals surface area contributed by atoms with E-state index in [2.05, 4.69) is 26.4 Å². The molecule has 4 N–H and O–H groups in total. The zero-order chi connectivity index (χ0) is 110. The summed E-state index contributed by atoms with van der Waals surface area (Å²) in [4.78, 5) is 186. The maximum atomic E-state index is 14.7. The van der Waals surface area contributed by atoms with Crippen LogP contribution in [-0.4, -0.2) is 252 Å². The van der Waals surface area contributed by atoms with Crippen molar-refractivity contribution in [1.82, 2.24) is 21.3 Å². The van der Waals surface area contributed by atoms with Crippen molar-refractivity contribution in [2.75, 3.05) is 98.5 Å². The number of hydrogen-bond donors (Lipinski definition) is 4. The van der Waals surface area contributed by atoms with Gasteiger partial charge in [-0.15, -0.1) is 0 Å². The summed E-state index contributed by atoms with van der Waals surface area (Å²) < 4.78 is 89.0. The number of nitrogens with zero attached hydrogens (tertiary/aromatic N) is 3. The molecule has 4 fully saturated rings. The van der Waals surface area contributed by atoms with Gasteiger partial charge < -0.3 is 72.6 Å². The molecule has 4 amide bonds. The minimum absolute atomic E-state index is 0.00685. The molecule has 0 radical (unpaired) electrons. The number of amides is 4. The first-order valence-electron chi connectivity index (χ1n) is 51.1. The van der Waals surface area contributed by atoms with E-state index in [-0.39, 0.29) is 127 Å². The van der Waals surface area contributed by atoms with Gasteiger partial charge in [0, 0.05) is 78.6 Å². The fourth-order valence-corrected chi connectivity index (χ4v) is 17.8. The molecule has 0 bridgehead atoms. The van der Waals surface area contributed by atoms with Gasteiger partial charge >= 0.3 is 11.9 Å². The smallest absolute Gasteiger partial charge is 0.316 e. The number of ketones is 6. The third-order valence-electron chi connectivity index (χ3n) is 26.0. The van der Waals surface area contributed by atoms with Crippen LogP contribution >= 0.6 is 0 Å². The number of epoxide rings is 2. The van der Waals surface area contributed by atoms with E-state index in [9.17, 15) is 62.3 Å². The van der Waals surface area contributed by atoms with E-state index in [1.54, 1.807) is 79.7 Å². The Morgan fingerprint density at radius 1 is 0.426 bits per heavy atom. The Bertz CT molecular complexity index is 5620. The molecular weight excluding hydrogens is 1940 g/mol. The van der Waals surface area contributed by atoms with Crippen molar-refractivity contribution < 1.29 is 130 Å². The molecule has 35 heteroatoms. The molecule has 0 aromatic heterocycles. The molecule has 33 nitrogen and oxygen atoms in total. The van der Waals surface area contributed by atoms with Crippen LogP contribution in [-0.2, 0) is 140 Å². The highest BCUT2D eigenvalue weighted by atomic mass is 32.2. The predicted octanol–water partition coefficient (Wildman–Crippen LogP) is 13.0. The number of carbonyl (C=O) groups excluding carboxylic acids is 13. The molecule has 10 atom stereocenters. The van der Waals surface area contributed by atoms with Gasteiger partial charge in [-0.2, -0.15) is 0 Å². The fourth-order valence-electron chi connectivity index (χ4n) is 17.8. The second kappa shape index (κ2) is 57.8. The van der Waals surface area contributed by atoms with Crippen molar-refractivity contribution in [3.63, 3.8) is 0 Å². The minimum atomic E-state index is -3.92. The predicted molar refractivity (Wildman–Crippen MR) is 560 cm³/mol. The maximum absolute atomic E-state index is 14.7. The number of esters is 2. The SMILES string of the molecule is CC(C)C[C@H](NC(=O)[C@H](CCc1ccccc1)CC(=O)C[N+]1(Cc2ccc(OC(=O)C(C)(C)C)c(C=O)c2)CCOCC1)C(=O)C[C@@H](Cc1ccccc1)C(=O)N[C@@H](CC(C)C)C(=O)[C@@]1(C)CO1.CO/N=C/c1cc(C[N+]2(CC(=O)C[C@@H](CCc3ccccc3)C(=O)N[C@@H](CC(C)C)C(=O)C[C@@H](Cc3ccccc3)C(=O)N[C@@H](CC(C)C)C(=O)[C@@]3(C)CO3)CCOCC2)ccc1OC(=O)C(C)(C)C.CS(=O)(=O)[O-].CS(=O)(=O)[O-]. The number of rotatable bonds is 53. The number of aryl methyl sites for hydroxylation is 2. The first-order valence-corrected chi connectivity index (χ1v) is 54.7. The third-order valence-corrected chi connectivity index (χ3v) is 26.0. The van der Waals surface area contributed by atoms with Gasteiger partial charge in [0.15, 0.2) is 41.0 Å². The van der Waals surface area contributed by atoms with Crippen LogP contribution in [0.3, 0.4) is 0 Å². The van der Waals surface area contributed by atoms with E-state index in [0.717, 1.165) is 33.4 Å². The van der Waals surface area contributed by atoms with Gasteiger partial charge in [-0.3, -0.25) is 62.3 Å². The number of morpholine rings is 2. The average Bonchev–Trinajstić information content (AvgIpc) is 1.65. The lowest BCUT2D eigenvalue weighted by Gasteiger charge is -2.41. The van der Waals surface area contributed by atoms with Crippen LogP contribution in [0, 0.1) is 58.2 Å². The molecule has 812 valence electrons. The van der Waals surface area contributed by atoms with Crippen LogP contribution in [0.2, 0.25) is 0 Å². The van der Waals surface area contributed by atoms with Crippen LogP contribution in [0.25, 0.3) is 0 Å². The molecule has 6 aromatic carbocycles. The second-order valence-electron chi connectivity index (χ2n) is 44.0. The monoisotopic (exact) mass is 2090 g/mol. The maximum Gasteiger partial charge on any atom is 0.316 e. The lowest BCUT2D eigenvalue weighted by Crippen LogP contribution is -2.57. The van der Waals surface area contributed by atoms with E-state index >= 15 is 0 Å². The topological polar surface area (TPSA) is 468 Å². The molecular formula is C113H157N7O26S2. The van der Waals surface area contributed by atoms with Crippen molar-refractivity contribution in [1.29, 1.82) is 0 Å². The third kappa shape index (κ3) is 44.6. The number of aldehydes is 1. The summed E-state index contributed by atoms with van der Waals surface area (Å²) >= 11 is 0. The van der Waals surface area contributed by atoms with Gasteiger partial charge in [-0.25, -0.2) is 16.8 Å². The molecule has 4 heterocycles. The Kier molecular flexibility index (Phi) is 48.3. The number of oxime groups is 1. The summed E-state index contributed by atoms with van der Waals surface area (Å²) in [6, 6.07) is 45.6. The van der Waals surface area contributed by atoms with Crippen LogP contribution in [0.1, 0.15) is 224 Å². The number of carbonyl (C=O) groups is 13. The number of benzene rings is 6. The Hall–Kier alpha value is -11.1. The molecule has 0 unspecified atom stereocenters. The second-order valence-corrected chi connectivity index (χ2v) is 46.8. The van der Waals surface area contributed by atoms with Crippen molar-refractivity contribution in [2.45, 2.75) is 249 Å². The first-order chi connectivity index (χ1) is 69.4. The van der Waals surface area contributed by atoms with E-state index in [1.165, 1.54) is 13.3 Å². The molecule has 4 saturated heterocycles. The quantitative estimate of drug-likeness (QED) is 0.00403. The molecule has 0 spiro atoms. The van der Waals surface area contributed by atoms with Crippen LogP contribution in [0.5, 0.6) is 11.5 Å². The van der Waals surface area contributed by atoms with E-state index in [4.69, 9.17) is 59.2 Å². The zero-order valence-corrected chi connectivity index (χ0v) is 91.3. The van der Waals surface area contributed by atoms with E-state index in [1.807, 2.05) is 189 Å². The number of quaternary nitrogens is 2. The number of hydrogen-bond acceptors (Lipinski definition) is 27. The van der Waals surface area contributed by atoms with E-state index in [0.29, 0.717) is 169 Å². The van der Waals surface area contributed by atoms with Gasteiger partial charge in [0.05, 0.1) is 107 Å². The Morgan fingerprint density at radius 2 is 0.716 bits per heavy atom. The largest absolute Gasteiger partial charge is 0.748 e. The summed E-state index contributed by atoms with van der Waals surface area (Å²) in [7, 11) is -6.40. The van der Waals surface area contributed by atoms with Crippen LogP contribution in [0.15, 0.2) is 163 Å². The molecule has 6 aromatic rings. The van der Waals surface area contributed by atoms with Gasteiger partial charge in [0.25, 0.3) is 0 Å². The van der Waals surface area contributed by atoms with Crippen LogP contribution < -0.4 is 30.7 Å². The lowest BCUT2D eigenvalue weighted by molar-refractivity contribution is -0.940. The highest BCUT2D eigenvalue weighted by molar-refractivity contribution is 7.85. The number of Topliss-reactive ketones (excluding diaryl/α,β-unsaturated/α-hetero) is 6.